The molecule has 4 heteroatoms. The summed E-state index contributed by atoms with van der Waals surface area (Å²) in [4.78, 5) is 2.55. The van der Waals surface area contributed by atoms with Gasteiger partial charge in [0.1, 0.15) is 5.75 Å². The minimum atomic E-state index is 0.483. The molecule has 0 spiro atoms. The van der Waals surface area contributed by atoms with Crippen LogP contribution in [0.3, 0.4) is 0 Å². The number of likely N-dealkylation sites (tertiary alicyclic amines) is 1. The van der Waals surface area contributed by atoms with Crippen molar-refractivity contribution in [3.8, 4) is 5.75 Å². The fourth-order valence-corrected chi connectivity index (χ4v) is 2.96. The lowest BCUT2D eigenvalue weighted by Gasteiger charge is -2.16. The smallest absolute Gasteiger partial charge is 0.119 e. The minimum absolute atomic E-state index is 0.483. The zero-order valence-electron chi connectivity index (χ0n) is 13.5. The third-order valence-electron chi connectivity index (χ3n) is 4.21. The van der Waals surface area contributed by atoms with Crippen molar-refractivity contribution in [2.45, 2.75) is 25.7 Å². The molecule has 3 N–H and O–H groups in total. The van der Waals surface area contributed by atoms with Gasteiger partial charge in [-0.3, -0.25) is 0 Å². The predicted octanol–water partition coefficient (Wildman–Crippen LogP) is 2.58. The number of hydrogen-bond donors (Lipinski definition) is 2. The Hall–Kier alpha value is -1.52. The van der Waals surface area contributed by atoms with Gasteiger partial charge in [-0.1, -0.05) is 24.8 Å². The molecule has 1 aromatic rings. The highest BCUT2D eigenvalue weighted by Gasteiger charge is 2.21. The highest BCUT2D eigenvalue weighted by Crippen LogP contribution is 2.22. The molecular formula is C18H29N3O. The number of para-hydroxylation sites is 1. The second-order valence-corrected chi connectivity index (χ2v) is 5.99. The highest BCUT2D eigenvalue weighted by molar-refractivity contribution is 5.20. The van der Waals surface area contributed by atoms with Gasteiger partial charge in [-0.2, -0.15) is 0 Å². The lowest BCUT2D eigenvalue weighted by atomic mass is 10.0. The van der Waals surface area contributed by atoms with Crippen molar-refractivity contribution in [3.63, 3.8) is 0 Å². The number of allylic oxidation sites excluding steroid dienone is 1. The van der Waals surface area contributed by atoms with E-state index in [9.17, 15) is 0 Å². The van der Waals surface area contributed by atoms with Crippen LogP contribution in [0.5, 0.6) is 5.75 Å². The van der Waals surface area contributed by atoms with E-state index in [0.29, 0.717) is 6.67 Å². The van der Waals surface area contributed by atoms with Crippen LogP contribution in [-0.2, 0) is 0 Å². The number of nitrogens with two attached hydrogens (primary N) is 1. The first kappa shape index (κ1) is 16.8. The van der Waals surface area contributed by atoms with Gasteiger partial charge in [0.15, 0.2) is 0 Å². The van der Waals surface area contributed by atoms with E-state index in [2.05, 4.69) is 16.8 Å². The summed E-state index contributed by atoms with van der Waals surface area (Å²) >= 11 is 0. The van der Waals surface area contributed by atoms with E-state index < -0.39 is 0 Å². The van der Waals surface area contributed by atoms with E-state index in [4.69, 9.17) is 10.5 Å². The van der Waals surface area contributed by atoms with Crippen LogP contribution in [0.4, 0.5) is 0 Å². The molecular weight excluding hydrogens is 274 g/mol. The third-order valence-corrected chi connectivity index (χ3v) is 4.21. The standard InChI is InChI=1S/C18H29N3O/c1-16(20-15-19)8-9-17-10-12-21(14-17)11-5-13-22-18-6-3-2-4-7-18/h2-4,6-7,17,20H,1,5,8-15,19H2. The number of rotatable bonds is 10. The molecule has 1 aromatic carbocycles. The van der Waals surface area contributed by atoms with E-state index in [1.165, 1.54) is 25.9 Å². The Kier molecular flexibility index (Phi) is 7.26. The first-order valence-electron chi connectivity index (χ1n) is 8.30. The topological polar surface area (TPSA) is 50.5 Å². The second-order valence-electron chi connectivity index (χ2n) is 5.99. The van der Waals surface area contributed by atoms with Crippen molar-refractivity contribution in [1.29, 1.82) is 0 Å². The van der Waals surface area contributed by atoms with Gasteiger partial charge < -0.3 is 20.7 Å². The molecule has 1 atom stereocenters. The van der Waals surface area contributed by atoms with Crippen molar-refractivity contribution in [1.82, 2.24) is 10.2 Å². The van der Waals surface area contributed by atoms with Crippen LogP contribution in [0.25, 0.3) is 0 Å². The zero-order valence-corrected chi connectivity index (χ0v) is 13.5. The molecule has 22 heavy (non-hydrogen) atoms. The molecule has 1 unspecified atom stereocenters. The average molecular weight is 303 g/mol. The van der Waals surface area contributed by atoms with Crippen LogP contribution < -0.4 is 15.8 Å². The highest BCUT2D eigenvalue weighted by atomic mass is 16.5. The Morgan fingerprint density at radius 2 is 2.18 bits per heavy atom. The van der Waals surface area contributed by atoms with E-state index in [-0.39, 0.29) is 0 Å². The maximum absolute atomic E-state index is 5.74. The lowest BCUT2D eigenvalue weighted by Crippen LogP contribution is -2.24. The van der Waals surface area contributed by atoms with Gasteiger partial charge in [-0.25, -0.2) is 0 Å². The molecule has 0 aromatic heterocycles. The summed E-state index contributed by atoms with van der Waals surface area (Å²) < 4.78 is 5.74. The van der Waals surface area contributed by atoms with Crippen LogP contribution in [0.15, 0.2) is 42.6 Å². The first-order valence-corrected chi connectivity index (χ1v) is 8.30. The zero-order chi connectivity index (χ0) is 15.6. The van der Waals surface area contributed by atoms with Crippen molar-refractivity contribution >= 4 is 0 Å². The summed E-state index contributed by atoms with van der Waals surface area (Å²) in [5.74, 6) is 1.76. The van der Waals surface area contributed by atoms with Crippen LogP contribution >= 0.6 is 0 Å². The Morgan fingerprint density at radius 1 is 1.36 bits per heavy atom. The largest absolute Gasteiger partial charge is 0.494 e. The molecule has 0 bridgehead atoms. The number of ether oxygens (including phenoxy) is 1. The number of hydrogen-bond acceptors (Lipinski definition) is 4. The van der Waals surface area contributed by atoms with Crippen LogP contribution in [0, 0.1) is 5.92 Å². The van der Waals surface area contributed by atoms with Gasteiger partial charge >= 0.3 is 0 Å². The maximum atomic E-state index is 5.74. The molecule has 2 rings (SSSR count). The molecule has 4 nitrogen and oxygen atoms in total. The van der Waals surface area contributed by atoms with E-state index >= 15 is 0 Å². The summed E-state index contributed by atoms with van der Waals surface area (Å²) in [5, 5.41) is 3.09. The predicted molar refractivity (Wildman–Crippen MR) is 91.7 cm³/mol. The summed E-state index contributed by atoms with van der Waals surface area (Å²) in [5.41, 5.74) is 6.52. The molecule has 122 valence electrons. The van der Waals surface area contributed by atoms with Gasteiger partial charge in [-0.15, -0.1) is 0 Å². The fourth-order valence-electron chi connectivity index (χ4n) is 2.96. The number of nitrogens with zero attached hydrogens (tertiary/aromatic N) is 1. The van der Waals surface area contributed by atoms with Gasteiger partial charge in [-0.05, 0) is 50.3 Å². The normalized spacial score (nSPS) is 18.3. The van der Waals surface area contributed by atoms with Crippen molar-refractivity contribution in [2.24, 2.45) is 11.7 Å². The summed E-state index contributed by atoms with van der Waals surface area (Å²) in [6.07, 6.45) is 4.63. The van der Waals surface area contributed by atoms with Crippen LogP contribution in [-0.4, -0.2) is 37.8 Å². The molecule has 1 fully saturated rings. The quantitative estimate of drug-likeness (QED) is 0.515. The minimum Gasteiger partial charge on any atom is -0.494 e. The van der Waals surface area contributed by atoms with Gasteiger partial charge in [0.2, 0.25) is 0 Å². The van der Waals surface area contributed by atoms with Crippen molar-refractivity contribution < 1.29 is 4.74 Å². The monoisotopic (exact) mass is 303 g/mol. The van der Waals surface area contributed by atoms with E-state index in [0.717, 1.165) is 43.4 Å². The van der Waals surface area contributed by atoms with Crippen LogP contribution in [0.2, 0.25) is 0 Å². The summed E-state index contributed by atoms with van der Waals surface area (Å²) in [7, 11) is 0. The molecule has 1 aliphatic heterocycles. The molecule has 1 heterocycles. The fraction of sp³-hybridized carbons (Fsp3) is 0.556. The lowest BCUT2D eigenvalue weighted by molar-refractivity contribution is 0.257. The average Bonchev–Trinajstić information content (AvgIpc) is 2.99. The van der Waals surface area contributed by atoms with Crippen molar-refractivity contribution in [3.05, 3.63) is 42.6 Å². The Morgan fingerprint density at radius 3 is 2.95 bits per heavy atom. The first-order chi connectivity index (χ1) is 10.8. The molecule has 1 saturated heterocycles. The molecule has 1 aliphatic rings. The summed E-state index contributed by atoms with van der Waals surface area (Å²) in [6, 6.07) is 10.0. The Labute approximate surface area is 134 Å². The Balaban J connectivity index is 1.54. The van der Waals surface area contributed by atoms with Gasteiger partial charge in [0, 0.05) is 18.8 Å². The van der Waals surface area contributed by atoms with Gasteiger partial charge in [0.05, 0.1) is 13.3 Å². The molecule has 0 amide bonds. The molecule has 0 saturated carbocycles. The summed E-state index contributed by atoms with van der Waals surface area (Å²) in [6.45, 7) is 8.82. The van der Waals surface area contributed by atoms with Gasteiger partial charge in [0.25, 0.3) is 0 Å². The van der Waals surface area contributed by atoms with E-state index in [1.807, 2.05) is 30.3 Å². The maximum Gasteiger partial charge on any atom is 0.119 e. The molecule has 0 aliphatic carbocycles. The van der Waals surface area contributed by atoms with Crippen LogP contribution in [0.1, 0.15) is 25.7 Å². The number of nitrogens with one attached hydrogen (secondary N) is 1. The van der Waals surface area contributed by atoms with E-state index in [1.54, 1.807) is 0 Å². The van der Waals surface area contributed by atoms with Crippen molar-refractivity contribution in [2.75, 3.05) is 32.9 Å². The third kappa shape index (κ3) is 6.08. The molecule has 0 radical (unpaired) electrons. The second kappa shape index (κ2) is 9.49. The SMILES string of the molecule is C=C(CCC1CCN(CCCOc2ccccc2)C1)NCN. The number of benzene rings is 1. The Bertz CT molecular complexity index is 435.